The van der Waals surface area contributed by atoms with E-state index >= 15 is 0 Å². The van der Waals surface area contributed by atoms with E-state index in [1.807, 2.05) is 31.2 Å². The van der Waals surface area contributed by atoms with Crippen LogP contribution in [-0.2, 0) is 23.7 Å². The molecule has 0 unspecified atom stereocenters. The Labute approximate surface area is 200 Å². The first-order valence-electron chi connectivity index (χ1n) is 12.1. The Hall–Kier alpha value is -2.33. The van der Waals surface area contributed by atoms with Crippen molar-refractivity contribution in [1.29, 1.82) is 0 Å². The molecule has 9 nitrogen and oxygen atoms in total. The zero-order valence-corrected chi connectivity index (χ0v) is 19.7. The number of amides is 1. The summed E-state index contributed by atoms with van der Waals surface area (Å²) < 4.78 is 34.1. The van der Waals surface area contributed by atoms with Crippen LogP contribution < -0.4 is 14.8 Å². The van der Waals surface area contributed by atoms with Gasteiger partial charge in [-0.2, -0.15) is 0 Å². The van der Waals surface area contributed by atoms with Crippen LogP contribution in [0.4, 0.5) is 0 Å². The van der Waals surface area contributed by atoms with Crippen molar-refractivity contribution < 1.29 is 38.3 Å². The number of nitrogens with one attached hydrogen (secondary N) is 1. The van der Waals surface area contributed by atoms with Crippen LogP contribution in [0.1, 0.15) is 37.7 Å². The highest BCUT2D eigenvalue weighted by Crippen LogP contribution is 2.42. The fraction of sp³-hybridized carbons (Fsp3) is 0.640. The van der Waals surface area contributed by atoms with Gasteiger partial charge in [0.1, 0.15) is 0 Å². The highest BCUT2D eigenvalue weighted by Gasteiger charge is 2.38. The number of carbonyl (C=O) groups excluding carboxylic acids is 1. The summed E-state index contributed by atoms with van der Waals surface area (Å²) in [5.41, 5.74) is 1.00. The average Bonchev–Trinajstić information content (AvgIpc) is 3.56. The normalized spacial score (nSPS) is 23.4. The molecule has 0 spiro atoms. The molecule has 1 amide bonds. The highest BCUT2D eigenvalue weighted by atomic mass is 16.7. The standard InChI is InChI=1S/C25H35NO8/c1-2-31-25-19(7-9-29-11-12-30-10-8-27)20(18-5-6-21-22(13-18)33-16-32-21)14-23(34-25)24(28)26-15-17-3-4-17/h5-6,13-14,17,19-20,25,27H,2-4,7-12,15-16H2,1H3,(H,26,28)/t19-,20-,25-/m1/s1. The number of rotatable bonds is 14. The molecule has 0 saturated heterocycles. The van der Waals surface area contributed by atoms with Gasteiger partial charge in [0.2, 0.25) is 13.1 Å². The van der Waals surface area contributed by atoms with Crippen molar-refractivity contribution in [3.8, 4) is 11.5 Å². The summed E-state index contributed by atoms with van der Waals surface area (Å²) in [6.45, 7) is 4.89. The van der Waals surface area contributed by atoms with Gasteiger partial charge in [-0.25, -0.2) is 0 Å². The second-order valence-electron chi connectivity index (χ2n) is 8.67. The van der Waals surface area contributed by atoms with E-state index in [4.69, 9.17) is 33.5 Å². The van der Waals surface area contributed by atoms with Gasteiger partial charge in [-0.1, -0.05) is 6.07 Å². The lowest BCUT2D eigenvalue weighted by Crippen LogP contribution is -2.39. The second-order valence-corrected chi connectivity index (χ2v) is 8.67. The van der Waals surface area contributed by atoms with Crippen LogP contribution in [0.25, 0.3) is 0 Å². The maximum absolute atomic E-state index is 12.9. The molecule has 2 heterocycles. The molecule has 0 bridgehead atoms. The average molecular weight is 478 g/mol. The van der Waals surface area contributed by atoms with E-state index in [9.17, 15) is 4.79 Å². The number of benzene rings is 1. The summed E-state index contributed by atoms with van der Waals surface area (Å²) in [4.78, 5) is 12.9. The Morgan fingerprint density at radius 2 is 1.91 bits per heavy atom. The molecule has 0 aromatic heterocycles. The van der Waals surface area contributed by atoms with Crippen molar-refractivity contribution in [2.24, 2.45) is 11.8 Å². The van der Waals surface area contributed by atoms with E-state index in [0.29, 0.717) is 63.4 Å². The number of ether oxygens (including phenoxy) is 6. The molecule has 1 fully saturated rings. The molecule has 3 atom stereocenters. The maximum atomic E-state index is 12.9. The van der Waals surface area contributed by atoms with Crippen molar-refractivity contribution in [3.05, 3.63) is 35.6 Å². The first-order chi connectivity index (χ1) is 16.7. The number of hydrogen-bond acceptors (Lipinski definition) is 8. The topological polar surface area (TPSA) is 105 Å². The van der Waals surface area contributed by atoms with Crippen LogP contribution in [0, 0.1) is 11.8 Å². The van der Waals surface area contributed by atoms with Crippen LogP contribution in [0.5, 0.6) is 11.5 Å². The first kappa shape index (κ1) is 24.8. The zero-order chi connectivity index (χ0) is 23.8. The Balaban J connectivity index is 1.49. The van der Waals surface area contributed by atoms with Crippen LogP contribution in [-0.4, -0.2) is 70.3 Å². The van der Waals surface area contributed by atoms with Gasteiger partial charge >= 0.3 is 0 Å². The molecule has 1 saturated carbocycles. The highest BCUT2D eigenvalue weighted by molar-refractivity contribution is 5.91. The number of hydrogen-bond donors (Lipinski definition) is 2. The third-order valence-corrected chi connectivity index (χ3v) is 6.17. The number of fused-ring (bicyclic) bond motifs is 1. The second kappa shape index (κ2) is 12.4. The lowest BCUT2D eigenvalue weighted by molar-refractivity contribution is -0.168. The van der Waals surface area contributed by atoms with Gasteiger partial charge in [0.05, 0.1) is 26.4 Å². The van der Waals surface area contributed by atoms with Crippen molar-refractivity contribution in [3.63, 3.8) is 0 Å². The molecule has 1 aromatic carbocycles. The quantitative estimate of drug-likeness (QED) is 0.394. The number of allylic oxidation sites excluding steroid dienone is 1. The minimum Gasteiger partial charge on any atom is -0.459 e. The molecule has 4 rings (SSSR count). The third-order valence-electron chi connectivity index (χ3n) is 6.17. The molecule has 3 aliphatic rings. The van der Waals surface area contributed by atoms with Crippen LogP contribution in [0.15, 0.2) is 30.0 Å². The number of aliphatic hydroxyl groups excluding tert-OH is 1. The van der Waals surface area contributed by atoms with Gasteiger partial charge in [0.25, 0.3) is 5.91 Å². The molecule has 2 aliphatic heterocycles. The summed E-state index contributed by atoms with van der Waals surface area (Å²) in [6.07, 6.45) is 4.30. The minimum atomic E-state index is -0.582. The molecule has 1 aromatic rings. The van der Waals surface area contributed by atoms with Gasteiger partial charge in [-0.15, -0.1) is 0 Å². The van der Waals surface area contributed by atoms with Crippen molar-refractivity contribution in [2.75, 3.05) is 53.0 Å². The van der Waals surface area contributed by atoms with Crippen LogP contribution >= 0.6 is 0 Å². The fourth-order valence-electron chi connectivity index (χ4n) is 4.19. The smallest absolute Gasteiger partial charge is 0.286 e. The zero-order valence-electron chi connectivity index (χ0n) is 19.7. The monoisotopic (exact) mass is 477 g/mol. The SMILES string of the molecule is CCO[C@@H]1OC(C(=O)NCC2CC2)=C[C@H](c2ccc3c(c2)OCO3)[C@H]1CCOCCOCCO. The third kappa shape index (κ3) is 6.63. The van der Waals surface area contributed by atoms with Gasteiger partial charge in [0.15, 0.2) is 17.3 Å². The Kier molecular flexibility index (Phi) is 9.04. The summed E-state index contributed by atoms with van der Waals surface area (Å²) >= 11 is 0. The maximum Gasteiger partial charge on any atom is 0.286 e. The number of aliphatic hydroxyl groups is 1. The summed E-state index contributed by atoms with van der Waals surface area (Å²) in [5, 5.41) is 11.8. The molecular formula is C25H35NO8. The lowest BCUT2D eigenvalue weighted by Gasteiger charge is -2.37. The van der Waals surface area contributed by atoms with Crippen LogP contribution in [0.3, 0.4) is 0 Å². The van der Waals surface area contributed by atoms with Crippen molar-refractivity contribution in [1.82, 2.24) is 5.32 Å². The largest absolute Gasteiger partial charge is 0.459 e. The lowest BCUT2D eigenvalue weighted by atomic mass is 9.81. The molecule has 188 valence electrons. The molecule has 34 heavy (non-hydrogen) atoms. The Morgan fingerprint density at radius 1 is 1.12 bits per heavy atom. The van der Waals surface area contributed by atoms with E-state index in [1.54, 1.807) is 0 Å². The van der Waals surface area contributed by atoms with E-state index in [1.165, 1.54) is 0 Å². The van der Waals surface area contributed by atoms with Gasteiger partial charge in [-0.05, 0) is 55.9 Å². The Morgan fingerprint density at radius 3 is 2.68 bits per heavy atom. The van der Waals surface area contributed by atoms with Gasteiger partial charge in [0, 0.05) is 31.6 Å². The van der Waals surface area contributed by atoms with E-state index in [2.05, 4.69) is 5.32 Å². The molecule has 0 radical (unpaired) electrons. The van der Waals surface area contributed by atoms with Crippen LogP contribution in [0.2, 0.25) is 0 Å². The first-order valence-corrected chi connectivity index (χ1v) is 12.1. The van der Waals surface area contributed by atoms with Crippen molar-refractivity contribution >= 4 is 5.91 Å². The van der Waals surface area contributed by atoms with Gasteiger partial charge < -0.3 is 38.8 Å². The summed E-state index contributed by atoms with van der Waals surface area (Å²) in [5.74, 6) is 1.86. The molecule has 9 heteroatoms. The fourth-order valence-corrected chi connectivity index (χ4v) is 4.19. The number of carbonyl (C=O) groups is 1. The van der Waals surface area contributed by atoms with E-state index in [0.717, 1.165) is 18.4 Å². The predicted octanol–water partition coefficient (Wildman–Crippen LogP) is 2.33. The molecule has 1 aliphatic carbocycles. The summed E-state index contributed by atoms with van der Waals surface area (Å²) in [6, 6.07) is 5.86. The van der Waals surface area contributed by atoms with E-state index in [-0.39, 0.29) is 36.9 Å². The van der Waals surface area contributed by atoms with E-state index < -0.39 is 6.29 Å². The van der Waals surface area contributed by atoms with Gasteiger partial charge in [-0.3, -0.25) is 4.79 Å². The minimum absolute atomic E-state index is 0.00440. The molecule has 2 N–H and O–H groups in total. The van der Waals surface area contributed by atoms with Crippen molar-refractivity contribution in [2.45, 2.75) is 38.4 Å². The molecular weight excluding hydrogens is 442 g/mol. The predicted molar refractivity (Wildman–Crippen MR) is 122 cm³/mol. The summed E-state index contributed by atoms with van der Waals surface area (Å²) in [7, 11) is 0. The Bertz CT molecular complexity index is 840.